The zero-order chi connectivity index (χ0) is 18.1. The number of nitrogens with one attached hydrogen (secondary N) is 1. The van der Waals surface area contributed by atoms with Crippen molar-refractivity contribution in [2.45, 2.75) is 33.4 Å². The van der Waals surface area contributed by atoms with Crippen LogP contribution in [0, 0.1) is 19.7 Å². The zero-order valence-corrected chi connectivity index (χ0v) is 15.0. The predicted molar refractivity (Wildman–Crippen MR) is 96.3 cm³/mol. The van der Waals surface area contributed by atoms with Crippen LogP contribution in [0.4, 0.5) is 4.39 Å². The first-order chi connectivity index (χ1) is 11.9. The lowest BCUT2D eigenvalue weighted by molar-refractivity contribution is -0.122. The Balaban J connectivity index is 1.78. The van der Waals surface area contributed by atoms with Crippen LogP contribution >= 0.6 is 11.3 Å². The van der Waals surface area contributed by atoms with Crippen LogP contribution in [0.25, 0.3) is 10.2 Å². The molecule has 1 atom stereocenters. The number of nitrogens with zero attached hydrogens (tertiary/aromatic N) is 2. The highest BCUT2D eigenvalue weighted by Gasteiger charge is 2.15. The number of fused-ring (bicyclic) bond motifs is 1. The average Bonchev–Trinajstić information content (AvgIpc) is 2.86. The number of halogens is 1. The molecule has 2 aromatic heterocycles. The Bertz CT molecular complexity index is 992. The molecule has 2 heterocycles. The van der Waals surface area contributed by atoms with E-state index in [-0.39, 0.29) is 29.9 Å². The van der Waals surface area contributed by atoms with E-state index in [1.807, 2.05) is 20.8 Å². The first-order valence-corrected chi connectivity index (χ1v) is 8.68. The van der Waals surface area contributed by atoms with Crippen LogP contribution in [0.3, 0.4) is 0 Å². The van der Waals surface area contributed by atoms with Gasteiger partial charge in [-0.3, -0.25) is 14.2 Å². The van der Waals surface area contributed by atoms with Crippen molar-refractivity contribution < 1.29 is 9.18 Å². The summed E-state index contributed by atoms with van der Waals surface area (Å²) in [4.78, 5) is 30.9. The third-order valence-corrected chi connectivity index (χ3v) is 5.33. The van der Waals surface area contributed by atoms with Crippen LogP contribution in [0.2, 0.25) is 0 Å². The molecule has 1 unspecified atom stereocenters. The van der Waals surface area contributed by atoms with Crippen molar-refractivity contribution in [1.82, 2.24) is 14.9 Å². The molecule has 7 heteroatoms. The van der Waals surface area contributed by atoms with Crippen LogP contribution in [0.5, 0.6) is 0 Å². The Labute approximate surface area is 148 Å². The minimum Gasteiger partial charge on any atom is -0.348 e. The van der Waals surface area contributed by atoms with Gasteiger partial charge in [0.25, 0.3) is 5.56 Å². The number of carbonyl (C=O) groups is 1. The third-order valence-electron chi connectivity index (χ3n) is 4.22. The van der Waals surface area contributed by atoms with Gasteiger partial charge in [0.1, 0.15) is 17.2 Å². The summed E-state index contributed by atoms with van der Waals surface area (Å²) in [6.07, 6.45) is 1.40. The summed E-state index contributed by atoms with van der Waals surface area (Å²) in [5.41, 5.74) is 1.49. The van der Waals surface area contributed by atoms with Crippen molar-refractivity contribution in [3.05, 3.63) is 62.8 Å². The molecule has 5 nitrogen and oxygen atoms in total. The maximum Gasteiger partial charge on any atom is 0.262 e. The SMILES string of the molecule is Cc1sc2ncn(CC(=O)NC(C)c3ccc(F)cc3)c(=O)c2c1C. The molecule has 0 saturated carbocycles. The van der Waals surface area contributed by atoms with E-state index >= 15 is 0 Å². The number of rotatable bonds is 4. The number of benzene rings is 1. The van der Waals surface area contributed by atoms with Gasteiger partial charge in [-0.2, -0.15) is 0 Å². The Morgan fingerprint density at radius 1 is 1.32 bits per heavy atom. The fraction of sp³-hybridized carbons (Fsp3) is 0.278. The zero-order valence-electron chi connectivity index (χ0n) is 14.2. The van der Waals surface area contributed by atoms with E-state index in [1.165, 1.54) is 34.4 Å². The van der Waals surface area contributed by atoms with Crippen molar-refractivity contribution in [1.29, 1.82) is 0 Å². The summed E-state index contributed by atoms with van der Waals surface area (Å²) in [6.45, 7) is 5.53. The van der Waals surface area contributed by atoms with E-state index in [1.54, 1.807) is 12.1 Å². The lowest BCUT2D eigenvalue weighted by atomic mass is 10.1. The van der Waals surface area contributed by atoms with Crippen LogP contribution in [-0.2, 0) is 11.3 Å². The standard InChI is InChI=1S/C18H18FN3O2S/c1-10-12(3)25-17-16(10)18(24)22(9-20-17)8-15(23)21-11(2)13-4-6-14(19)7-5-13/h4-7,9,11H,8H2,1-3H3,(H,21,23). The van der Waals surface area contributed by atoms with Gasteiger partial charge in [0, 0.05) is 4.88 Å². The lowest BCUT2D eigenvalue weighted by Gasteiger charge is -2.15. The normalized spacial score (nSPS) is 12.3. The fourth-order valence-corrected chi connectivity index (χ4v) is 3.65. The first kappa shape index (κ1) is 17.3. The van der Waals surface area contributed by atoms with Crippen LogP contribution in [-0.4, -0.2) is 15.5 Å². The summed E-state index contributed by atoms with van der Waals surface area (Å²) in [7, 11) is 0. The van der Waals surface area contributed by atoms with Gasteiger partial charge in [-0.15, -0.1) is 11.3 Å². The minimum absolute atomic E-state index is 0.109. The number of aryl methyl sites for hydroxylation is 2. The number of hydrogen-bond donors (Lipinski definition) is 1. The van der Waals surface area contributed by atoms with Crippen molar-refractivity contribution in [3.8, 4) is 0 Å². The Kier molecular flexibility index (Phi) is 4.67. The number of thiophene rings is 1. The van der Waals surface area contributed by atoms with Gasteiger partial charge in [0.15, 0.2) is 0 Å². The fourth-order valence-electron chi connectivity index (χ4n) is 2.66. The highest BCUT2D eigenvalue weighted by atomic mass is 32.1. The molecular weight excluding hydrogens is 341 g/mol. The maximum absolute atomic E-state index is 13.0. The van der Waals surface area contributed by atoms with E-state index < -0.39 is 0 Å². The van der Waals surface area contributed by atoms with E-state index in [2.05, 4.69) is 10.3 Å². The number of hydrogen-bond acceptors (Lipinski definition) is 4. The molecule has 25 heavy (non-hydrogen) atoms. The summed E-state index contributed by atoms with van der Waals surface area (Å²) in [5.74, 6) is -0.626. The molecule has 0 aliphatic rings. The lowest BCUT2D eigenvalue weighted by Crippen LogP contribution is -2.34. The molecule has 1 N–H and O–H groups in total. The van der Waals surface area contributed by atoms with Gasteiger partial charge in [0.05, 0.1) is 17.8 Å². The van der Waals surface area contributed by atoms with Gasteiger partial charge in [0.2, 0.25) is 5.91 Å². The molecule has 3 rings (SSSR count). The van der Waals surface area contributed by atoms with E-state index in [9.17, 15) is 14.0 Å². The van der Waals surface area contributed by atoms with E-state index in [4.69, 9.17) is 0 Å². The molecule has 0 bridgehead atoms. The predicted octanol–water partition coefficient (Wildman–Crippen LogP) is 3.09. The van der Waals surface area contributed by atoms with Crippen molar-refractivity contribution in [2.75, 3.05) is 0 Å². The third kappa shape index (κ3) is 3.46. The van der Waals surface area contributed by atoms with Gasteiger partial charge < -0.3 is 5.32 Å². The van der Waals surface area contributed by atoms with Crippen LogP contribution in [0.15, 0.2) is 35.4 Å². The molecule has 0 radical (unpaired) electrons. The Morgan fingerprint density at radius 2 is 2.00 bits per heavy atom. The van der Waals surface area contributed by atoms with E-state index in [0.717, 1.165) is 16.0 Å². The molecule has 0 aliphatic carbocycles. The highest BCUT2D eigenvalue weighted by molar-refractivity contribution is 7.18. The van der Waals surface area contributed by atoms with Crippen molar-refractivity contribution in [2.24, 2.45) is 0 Å². The monoisotopic (exact) mass is 359 g/mol. The molecule has 1 amide bonds. The summed E-state index contributed by atoms with van der Waals surface area (Å²) >= 11 is 1.47. The van der Waals surface area contributed by atoms with Crippen LogP contribution < -0.4 is 10.9 Å². The minimum atomic E-state index is -0.324. The number of aromatic nitrogens is 2. The number of amides is 1. The second kappa shape index (κ2) is 6.76. The Morgan fingerprint density at radius 3 is 2.68 bits per heavy atom. The maximum atomic E-state index is 13.0. The molecule has 3 aromatic rings. The van der Waals surface area contributed by atoms with Gasteiger partial charge in [-0.05, 0) is 44.0 Å². The van der Waals surface area contributed by atoms with Crippen molar-refractivity contribution in [3.63, 3.8) is 0 Å². The number of carbonyl (C=O) groups excluding carboxylic acids is 1. The molecule has 1 aromatic carbocycles. The topological polar surface area (TPSA) is 64.0 Å². The van der Waals surface area contributed by atoms with Crippen molar-refractivity contribution >= 4 is 27.5 Å². The molecule has 130 valence electrons. The van der Waals surface area contributed by atoms with Gasteiger partial charge in [-0.1, -0.05) is 12.1 Å². The Hall–Kier alpha value is -2.54. The quantitative estimate of drug-likeness (QED) is 0.779. The smallest absolute Gasteiger partial charge is 0.262 e. The van der Waals surface area contributed by atoms with Gasteiger partial charge in [-0.25, -0.2) is 9.37 Å². The second-order valence-electron chi connectivity index (χ2n) is 5.98. The first-order valence-electron chi connectivity index (χ1n) is 7.86. The largest absolute Gasteiger partial charge is 0.348 e. The molecule has 0 aliphatic heterocycles. The molecular formula is C18H18FN3O2S. The molecule has 0 fully saturated rings. The molecule has 0 saturated heterocycles. The summed E-state index contributed by atoms with van der Waals surface area (Å²) < 4.78 is 14.3. The summed E-state index contributed by atoms with van der Waals surface area (Å²) in [5, 5.41) is 3.39. The molecule has 0 spiro atoms. The summed E-state index contributed by atoms with van der Waals surface area (Å²) in [6, 6.07) is 5.66. The highest BCUT2D eigenvalue weighted by Crippen LogP contribution is 2.25. The van der Waals surface area contributed by atoms with Crippen LogP contribution in [0.1, 0.15) is 29.0 Å². The van der Waals surface area contributed by atoms with E-state index in [0.29, 0.717) is 10.2 Å². The van der Waals surface area contributed by atoms with Gasteiger partial charge >= 0.3 is 0 Å². The average molecular weight is 359 g/mol. The second-order valence-corrected chi connectivity index (χ2v) is 7.18.